The van der Waals surface area contributed by atoms with Crippen molar-refractivity contribution in [1.82, 2.24) is 39.2 Å². The smallest absolute Gasteiger partial charge is 0.329 e. The van der Waals surface area contributed by atoms with Crippen molar-refractivity contribution in [3.8, 4) is 0 Å². The molecule has 21 heteroatoms. The number of benzene rings is 2. The third-order valence-corrected chi connectivity index (χ3v) is 14.8. The third kappa shape index (κ3) is 18.6. The van der Waals surface area contributed by atoms with Gasteiger partial charge in [0.25, 0.3) is 23.6 Å². The lowest BCUT2D eigenvalue weighted by molar-refractivity contribution is -0.176. The fourth-order valence-electron chi connectivity index (χ4n) is 9.82. The first-order valence-electron chi connectivity index (χ1n) is 28.2. The first-order valence-corrected chi connectivity index (χ1v) is 29.0. The largest absolute Gasteiger partial charge is 0.451 e. The maximum Gasteiger partial charge on any atom is 0.329 e. The molecule has 5 rings (SSSR count). The van der Waals surface area contributed by atoms with Crippen LogP contribution in [0, 0.1) is 30.6 Å². The minimum atomic E-state index is -1.54. The number of carbonyl (C=O) groups excluding carboxylic acids is 8. The van der Waals surface area contributed by atoms with Crippen LogP contribution in [0.1, 0.15) is 123 Å². The number of carbonyl (C=O) groups is 8. The average molecular weight is 1200 g/mol. The Morgan fingerprint density at radius 2 is 0.732 bits per heavy atom. The Kier molecular flexibility index (Phi) is 24.0. The van der Waals surface area contributed by atoms with E-state index in [1.807, 2.05) is 111 Å². The van der Waals surface area contributed by atoms with E-state index in [0.717, 1.165) is 40.8 Å². The summed E-state index contributed by atoms with van der Waals surface area (Å²) < 4.78 is 28.6. The predicted octanol–water partition coefficient (Wildman–Crippen LogP) is 7.23. The van der Waals surface area contributed by atoms with Crippen LogP contribution >= 0.6 is 15.9 Å². The highest BCUT2D eigenvalue weighted by Gasteiger charge is 2.43. The van der Waals surface area contributed by atoms with Crippen LogP contribution in [0.15, 0.2) is 77.8 Å². The van der Waals surface area contributed by atoms with Gasteiger partial charge in [-0.15, -0.1) is 0 Å². The van der Waals surface area contributed by atoms with Crippen molar-refractivity contribution in [2.24, 2.45) is 23.7 Å². The highest BCUT2D eigenvalue weighted by Crippen LogP contribution is 2.25. The van der Waals surface area contributed by atoms with Crippen molar-refractivity contribution in [3.63, 3.8) is 0 Å². The number of ether oxygens (including phenoxy) is 4. The van der Waals surface area contributed by atoms with E-state index in [-0.39, 0.29) is 62.2 Å². The van der Waals surface area contributed by atoms with Crippen LogP contribution in [0.4, 0.5) is 0 Å². The number of esters is 4. The lowest BCUT2D eigenvalue weighted by atomic mass is 9.99. The van der Waals surface area contributed by atoms with E-state index in [4.69, 9.17) is 18.9 Å². The Morgan fingerprint density at radius 3 is 1.02 bits per heavy atom. The summed E-state index contributed by atoms with van der Waals surface area (Å²) in [4.78, 5) is 122. The molecule has 3 heterocycles. The number of hydrogen-bond donors (Lipinski definition) is 0. The highest BCUT2D eigenvalue weighted by molar-refractivity contribution is 9.10. The van der Waals surface area contributed by atoms with Gasteiger partial charge >= 0.3 is 23.9 Å². The summed E-state index contributed by atoms with van der Waals surface area (Å²) in [5.74, 6) is -7.44. The van der Waals surface area contributed by atoms with Crippen LogP contribution in [-0.2, 0) is 83.2 Å². The summed E-state index contributed by atoms with van der Waals surface area (Å²) >= 11 is 3.42. The molecule has 0 aliphatic carbocycles. The van der Waals surface area contributed by atoms with Crippen molar-refractivity contribution in [3.05, 3.63) is 106 Å². The van der Waals surface area contributed by atoms with Crippen LogP contribution in [0.5, 0.6) is 0 Å². The van der Waals surface area contributed by atoms with Gasteiger partial charge in [0.1, 0.15) is 24.2 Å². The number of aromatic nitrogens is 4. The van der Waals surface area contributed by atoms with Crippen LogP contribution in [0.3, 0.4) is 0 Å². The molecular formula is C61H85BrN8O12. The molecule has 2 aromatic carbocycles. The number of rotatable bonds is 16. The molecule has 0 radical (unpaired) electrons. The van der Waals surface area contributed by atoms with Crippen molar-refractivity contribution in [2.45, 2.75) is 176 Å². The van der Waals surface area contributed by atoms with Crippen molar-refractivity contribution >= 4 is 63.4 Å². The Bertz CT molecular complexity index is 2620. The lowest BCUT2D eigenvalue weighted by Gasteiger charge is -2.35. The molecule has 1 aliphatic rings. The Hall–Kier alpha value is -6.90. The molecule has 0 unspecified atom stereocenters. The summed E-state index contributed by atoms with van der Waals surface area (Å²) in [6.45, 7) is 20.4. The Labute approximate surface area is 491 Å². The van der Waals surface area contributed by atoms with E-state index in [1.165, 1.54) is 42.0 Å². The van der Waals surface area contributed by atoms with E-state index < -0.39 is 96.1 Å². The van der Waals surface area contributed by atoms with Gasteiger partial charge in [-0.1, -0.05) is 104 Å². The van der Waals surface area contributed by atoms with Gasteiger partial charge in [0, 0.05) is 53.4 Å². The standard InChI is InChI=1S/C61H85BrN8O12/c1-36(2)24-48-58(75)79-42(11)55(72)66(13)51(27-39(7)8)61(78)82-53(29-44-18-22-46(23-19-44)34-70-35-47(62)31-64-70)57(74)68(15)49(25-37(3)4)59(76)80-41(10)54(71)65(12)50(26-38(5)6)60(77)81-52(56(73)67(48)14)28-43-16-20-45(21-17-43)33-69-32-40(9)30-63-69/h16-23,30-32,35-39,41-42,48-53H,24-29,33-34H2,1-15H3/t41-,42-,48+,49+,50+,51+,52-,53-/m1/s1. The average Bonchev–Trinajstić information content (AvgIpc) is 4.13. The first-order chi connectivity index (χ1) is 38.5. The molecule has 0 bridgehead atoms. The molecule has 448 valence electrons. The maximum absolute atomic E-state index is 15.0. The van der Waals surface area contributed by atoms with Gasteiger partial charge < -0.3 is 38.5 Å². The minimum absolute atomic E-state index is 0.0809. The molecule has 4 aromatic rings. The summed E-state index contributed by atoms with van der Waals surface area (Å²) in [6.07, 6.45) is 1.20. The van der Waals surface area contributed by atoms with E-state index in [9.17, 15) is 28.8 Å². The zero-order valence-electron chi connectivity index (χ0n) is 50.4. The van der Waals surface area contributed by atoms with E-state index in [0.29, 0.717) is 24.2 Å². The molecule has 0 N–H and O–H groups in total. The SMILES string of the molecule is Cc1cnn(Cc2ccc(C[C@H]3OC(=O)[C@H](CC(C)C)N(C)C(=O)[C@@H](C)OC(=O)[C@H](CC(C)C)N(C)C(=O)[C@@H](Cc4ccc(Cn5cc(Br)cn5)cc4)OC(=O)[C@H](CC(C)C)N(C)C(=O)[C@@H](C)OC(=O)[C@H](CC(C)C)N(C)C3=O)cc2)c1. The van der Waals surface area contributed by atoms with E-state index in [1.54, 1.807) is 33.9 Å². The predicted molar refractivity (Wildman–Crippen MR) is 310 cm³/mol. The number of likely N-dealkylation sites (N-methyl/N-ethyl adjacent to an activating group) is 4. The lowest BCUT2D eigenvalue weighted by Crippen LogP contribution is -2.55. The second-order valence-electron chi connectivity index (χ2n) is 23.5. The number of amides is 4. The highest BCUT2D eigenvalue weighted by atomic mass is 79.9. The maximum atomic E-state index is 15.0. The van der Waals surface area contributed by atoms with Crippen LogP contribution < -0.4 is 0 Å². The summed E-state index contributed by atoms with van der Waals surface area (Å²) in [5, 5.41) is 8.71. The molecule has 2 aromatic heterocycles. The van der Waals surface area contributed by atoms with E-state index in [2.05, 4.69) is 26.1 Å². The van der Waals surface area contributed by atoms with Gasteiger partial charge in [0.15, 0.2) is 24.4 Å². The quantitative estimate of drug-likeness (QED) is 0.0798. The first kappa shape index (κ1) is 65.9. The number of nitrogens with zero attached hydrogens (tertiary/aromatic N) is 8. The molecule has 0 saturated carbocycles. The Balaban J connectivity index is 1.59. The molecule has 4 amide bonds. The Morgan fingerprint density at radius 1 is 0.439 bits per heavy atom. The van der Waals surface area contributed by atoms with Gasteiger partial charge in [0.2, 0.25) is 0 Å². The van der Waals surface area contributed by atoms with Gasteiger partial charge in [-0.3, -0.25) is 28.5 Å². The molecule has 1 aliphatic heterocycles. The number of cyclic esters (lactones) is 4. The minimum Gasteiger partial charge on any atom is -0.451 e. The molecule has 0 spiro atoms. The fourth-order valence-corrected chi connectivity index (χ4v) is 10.2. The topological polar surface area (TPSA) is 222 Å². The number of aryl methyl sites for hydroxylation is 1. The fraction of sp³-hybridized carbons (Fsp3) is 0.574. The normalized spacial score (nSPS) is 23.0. The molecule has 1 fully saturated rings. The number of hydrogen-bond acceptors (Lipinski definition) is 14. The second-order valence-corrected chi connectivity index (χ2v) is 24.4. The molecule has 82 heavy (non-hydrogen) atoms. The summed E-state index contributed by atoms with van der Waals surface area (Å²) in [5.41, 5.74) is 4.05. The van der Waals surface area contributed by atoms with Crippen molar-refractivity contribution in [1.29, 1.82) is 0 Å². The second kappa shape index (κ2) is 29.9. The van der Waals surface area contributed by atoms with Gasteiger partial charge in [-0.2, -0.15) is 10.2 Å². The molecule has 20 nitrogen and oxygen atoms in total. The summed E-state index contributed by atoms with van der Waals surface area (Å²) in [7, 11) is 5.57. The van der Waals surface area contributed by atoms with Crippen LogP contribution in [0.25, 0.3) is 0 Å². The molecule has 1 saturated heterocycles. The number of halogens is 1. The monoisotopic (exact) mass is 1200 g/mol. The molecule has 8 atom stereocenters. The van der Waals surface area contributed by atoms with E-state index >= 15 is 9.59 Å². The third-order valence-electron chi connectivity index (χ3n) is 14.4. The van der Waals surface area contributed by atoms with Gasteiger partial charge in [0.05, 0.1) is 30.0 Å². The van der Waals surface area contributed by atoms with Gasteiger partial charge in [-0.25, -0.2) is 19.2 Å². The van der Waals surface area contributed by atoms with Crippen LogP contribution in [-0.4, -0.2) is 163 Å². The zero-order chi connectivity index (χ0) is 60.9. The van der Waals surface area contributed by atoms with Gasteiger partial charge in [-0.05, 0) is 114 Å². The summed E-state index contributed by atoms with van der Waals surface area (Å²) in [6, 6.07) is 9.54. The zero-order valence-corrected chi connectivity index (χ0v) is 52.0. The molecular weight excluding hydrogens is 1120 g/mol. The van der Waals surface area contributed by atoms with Crippen molar-refractivity contribution < 1.29 is 57.3 Å². The van der Waals surface area contributed by atoms with Crippen molar-refractivity contribution in [2.75, 3.05) is 28.2 Å². The van der Waals surface area contributed by atoms with Crippen LogP contribution in [0.2, 0.25) is 0 Å².